The van der Waals surface area contributed by atoms with Crippen molar-refractivity contribution in [2.75, 3.05) is 13.2 Å². The standard InChI is InChI=1S/C61H64O11/c62-60-58(68-41-50-32-18-6-19-33-50)56(66-39-48-28-14-4-15-29-48)55(65-38-47-26-12-3-13-27-47)53(71-60)44-70-61-59(69-42-51-34-20-7-21-35-51)57(67-40-49-30-16-5-17-31-49)54(64-37-46-24-10-2-11-25-46)52(72-61)43-63-36-45-22-8-1-9-23-45/h1-35,52-62H,36-44H2/t52-,53-,54-,55-,56+,57+,58-,59-,60-,61?/m1/s1. The van der Waals surface area contributed by atoms with Gasteiger partial charge in [0, 0.05) is 0 Å². The summed E-state index contributed by atoms with van der Waals surface area (Å²) in [6, 6.07) is 69.7. The molecule has 2 saturated heterocycles. The fraction of sp³-hybridized carbons (Fsp3) is 0.311. The van der Waals surface area contributed by atoms with E-state index in [1.807, 2.05) is 212 Å². The van der Waals surface area contributed by atoms with Gasteiger partial charge in [0.05, 0.1) is 59.5 Å². The Hall–Kier alpha value is -5.90. The van der Waals surface area contributed by atoms with Crippen molar-refractivity contribution < 1.29 is 52.5 Å². The van der Waals surface area contributed by atoms with Gasteiger partial charge in [0.1, 0.15) is 48.8 Å². The normalized spacial score (nSPS) is 24.2. The van der Waals surface area contributed by atoms with Gasteiger partial charge in [0.15, 0.2) is 12.6 Å². The first-order chi connectivity index (χ1) is 35.6. The van der Waals surface area contributed by atoms with Crippen LogP contribution in [0.1, 0.15) is 38.9 Å². The van der Waals surface area contributed by atoms with E-state index in [0.717, 1.165) is 38.9 Å². The highest BCUT2D eigenvalue weighted by atomic mass is 16.7. The molecule has 11 nitrogen and oxygen atoms in total. The second-order valence-electron chi connectivity index (χ2n) is 18.0. The van der Waals surface area contributed by atoms with E-state index in [1.54, 1.807) is 0 Å². The summed E-state index contributed by atoms with van der Waals surface area (Å²) < 4.78 is 67.9. The average molecular weight is 973 g/mol. The largest absolute Gasteiger partial charge is 0.374 e. The predicted molar refractivity (Wildman–Crippen MR) is 272 cm³/mol. The first kappa shape index (κ1) is 51.0. The fourth-order valence-electron chi connectivity index (χ4n) is 8.97. The Morgan fingerprint density at radius 1 is 0.278 bits per heavy atom. The Labute approximate surface area is 423 Å². The van der Waals surface area contributed by atoms with Crippen LogP contribution in [-0.2, 0) is 93.6 Å². The van der Waals surface area contributed by atoms with Crippen molar-refractivity contribution in [1.82, 2.24) is 0 Å². The maximum absolute atomic E-state index is 12.0. The maximum atomic E-state index is 12.0. The molecule has 0 spiro atoms. The lowest BCUT2D eigenvalue weighted by Gasteiger charge is -2.47. The molecule has 0 amide bonds. The third-order valence-corrected chi connectivity index (χ3v) is 12.7. The average Bonchev–Trinajstić information content (AvgIpc) is 3.44. The second-order valence-corrected chi connectivity index (χ2v) is 18.0. The van der Waals surface area contributed by atoms with E-state index < -0.39 is 61.4 Å². The zero-order chi connectivity index (χ0) is 49.0. The van der Waals surface area contributed by atoms with Crippen LogP contribution in [0.5, 0.6) is 0 Å². The summed E-state index contributed by atoms with van der Waals surface area (Å²) in [5.41, 5.74) is 6.80. The third kappa shape index (κ3) is 14.8. The molecule has 0 saturated carbocycles. The SMILES string of the molecule is O[C@@H]1O[C@H](COC2O[C@H](COCc3ccccc3)[C@@H](OCc3ccccc3)[C@H](OCc3ccccc3)[C@H]2OCc2ccccc2)[C@@H](OCc2ccccc2)[C@H](OCc2ccccc2)[C@H]1OCc1ccccc1. The zero-order valence-electron chi connectivity index (χ0n) is 40.4. The third-order valence-electron chi connectivity index (χ3n) is 12.7. The molecule has 7 aromatic carbocycles. The van der Waals surface area contributed by atoms with Crippen LogP contribution < -0.4 is 0 Å². The van der Waals surface area contributed by atoms with E-state index in [0.29, 0.717) is 6.61 Å². The van der Waals surface area contributed by atoms with E-state index in [2.05, 4.69) is 0 Å². The number of hydrogen-bond donors (Lipinski definition) is 1. The van der Waals surface area contributed by atoms with E-state index >= 15 is 0 Å². The van der Waals surface area contributed by atoms with Crippen molar-refractivity contribution in [3.05, 3.63) is 251 Å². The fourth-order valence-corrected chi connectivity index (χ4v) is 8.97. The summed E-state index contributed by atoms with van der Waals surface area (Å²) in [5.74, 6) is 0. The quantitative estimate of drug-likeness (QED) is 0.0591. The van der Waals surface area contributed by atoms with Crippen LogP contribution in [0.15, 0.2) is 212 Å². The summed E-state index contributed by atoms with van der Waals surface area (Å²) >= 11 is 0. The van der Waals surface area contributed by atoms with E-state index in [1.165, 1.54) is 0 Å². The first-order valence-corrected chi connectivity index (χ1v) is 24.8. The van der Waals surface area contributed by atoms with Gasteiger partial charge in [0.25, 0.3) is 0 Å². The Bertz CT molecular complexity index is 2550. The summed E-state index contributed by atoms with van der Waals surface area (Å²) in [6.07, 6.45) is -8.74. The molecule has 11 heteroatoms. The van der Waals surface area contributed by atoms with E-state index in [4.69, 9.17) is 47.4 Å². The van der Waals surface area contributed by atoms with Gasteiger partial charge in [-0.15, -0.1) is 0 Å². The Morgan fingerprint density at radius 3 is 0.917 bits per heavy atom. The highest BCUT2D eigenvalue weighted by Gasteiger charge is 2.52. The number of ether oxygens (including phenoxy) is 10. The minimum atomic E-state index is -1.41. The van der Waals surface area contributed by atoms with Crippen LogP contribution in [0, 0.1) is 0 Å². The number of benzene rings is 7. The molecule has 374 valence electrons. The zero-order valence-corrected chi connectivity index (χ0v) is 40.4. The lowest BCUT2D eigenvalue weighted by atomic mass is 9.97. The molecule has 1 N–H and O–H groups in total. The molecule has 0 aromatic heterocycles. The topological polar surface area (TPSA) is 113 Å². The van der Waals surface area contributed by atoms with Crippen LogP contribution in [-0.4, -0.2) is 79.7 Å². The summed E-state index contributed by atoms with van der Waals surface area (Å²) in [7, 11) is 0. The molecule has 2 aliphatic rings. The van der Waals surface area contributed by atoms with Crippen LogP contribution in [0.3, 0.4) is 0 Å². The van der Waals surface area contributed by atoms with E-state index in [-0.39, 0.29) is 52.9 Å². The molecule has 2 aliphatic heterocycles. The molecular weight excluding hydrogens is 909 g/mol. The lowest BCUT2D eigenvalue weighted by molar-refractivity contribution is -0.349. The van der Waals surface area contributed by atoms with Crippen molar-refractivity contribution in [1.29, 1.82) is 0 Å². The van der Waals surface area contributed by atoms with Gasteiger partial charge in [-0.3, -0.25) is 0 Å². The van der Waals surface area contributed by atoms with Crippen molar-refractivity contribution >= 4 is 0 Å². The minimum Gasteiger partial charge on any atom is -0.374 e. The number of rotatable bonds is 25. The van der Waals surface area contributed by atoms with Crippen molar-refractivity contribution in [2.45, 2.75) is 108 Å². The smallest absolute Gasteiger partial charge is 0.187 e. The minimum absolute atomic E-state index is 0.0957. The van der Waals surface area contributed by atoms with Crippen LogP contribution in [0.4, 0.5) is 0 Å². The molecular formula is C61H64O11. The number of hydrogen-bond acceptors (Lipinski definition) is 11. The van der Waals surface area contributed by atoms with Crippen LogP contribution in [0.2, 0.25) is 0 Å². The number of aliphatic hydroxyl groups is 1. The Balaban J connectivity index is 1.04. The molecule has 1 unspecified atom stereocenters. The van der Waals surface area contributed by atoms with Gasteiger partial charge < -0.3 is 52.5 Å². The van der Waals surface area contributed by atoms with Gasteiger partial charge in [0.2, 0.25) is 0 Å². The van der Waals surface area contributed by atoms with Gasteiger partial charge in [-0.2, -0.15) is 0 Å². The van der Waals surface area contributed by atoms with Gasteiger partial charge in [-0.25, -0.2) is 0 Å². The predicted octanol–water partition coefficient (Wildman–Crippen LogP) is 10.2. The molecule has 72 heavy (non-hydrogen) atoms. The molecule has 9 rings (SSSR count). The molecule has 10 atom stereocenters. The Morgan fingerprint density at radius 2 is 0.556 bits per heavy atom. The molecule has 7 aromatic rings. The lowest BCUT2D eigenvalue weighted by Crippen LogP contribution is -2.63. The molecule has 2 fully saturated rings. The molecule has 0 radical (unpaired) electrons. The summed E-state index contributed by atoms with van der Waals surface area (Å²) in [6.45, 7) is 1.89. The van der Waals surface area contributed by atoms with Crippen LogP contribution in [0.25, 0.3) is 0 Å². The molecule has 0 aliphatic carbocycles. The maximum Gasteiger partial charge on any atom is 0.187 e. The summed E-state index contributed by atoms with van der Waals surface area (Å²) in [4.78, 5) is 0. The van der Waals surface area contributed by atoms with Crippen LogP contribution >= 0.6 is 0 Å². The van der Waals surface area contributed by atoms with Gasteiger partial charge in [-0.1, -0.05) is 212 Å². The van der Waals surface area contributed by atoms with Gasteiger partial charge in [-0.05, 0) is 38.9 Å². The Kier molecular flexibility index (Phi) is 19.3. The highest BCUT2D eigenvalue weighted by Crippen LogP contribution is 2.34. The highest BCUT2D eigenvalue weighted by molar-refractivity contribution is 5.19. The second kappa shape index (κ2) is 27.2. The first-order valence-electron chi connectivity index (χ1n) is 24.8. The van der Waals surface area contributed by atoms with Gasteiger partial charge >= 0.3 is 0 Å². The molecule has 2 heterocycles. The number of aliphatic hydroxyl groups excluding tert-OH is 1. The molecule has 0 bridgehead atoms. The van der Waals surface area contributed by atoms with E-state index in [9.17, 15) is 5.11 Å². The van der Waals surface area contributed by atoms with Crippen molar-refractivity contribution in [3.63, 3.8) is 0 Å². The van der Waals surface area contributed by atoms with Crippen molar-refractivity contribution in [3.8, 4) is 0 Å². The summed E-state index contributed by atoms with van der Waals surface area (Å²) in [5, 5.41) is 12.0. The monoisotopic (exact) mass is 972 g/mol. The van der Waals surface area contributed by atoms with Crippen molar-refractivity contribution in [2.24, 2.45) is 0 Å².